The minimum Gasteiger partial charge on any atom is -0.345 e. The first-order valence-corrected chi connectivity index (χ1v) is 9.81. The molecule has 4 aromatic rings. The van der Waals surface area contributed by atoms with Crippen LogP contribution >= 0.6 is 0 Å². The van der Waals surface area contributed by atoms with Gasteiger partial charge in [0.05, 0.1) is 0 Å². The van der Waals surface area contributed by atoms with E-state index in [4.69, 9.17) is 0 Å². The number of aryl methyl sites for hydroxylation is 1. The first-order valence-electron chi connectivity index (χ1n) is 9.81. The van der Waals surface area contributed by atoms with Gasteiger partial charge < -0.3 is 4.90 Å². The Labute approximate surface area is 166 Å². The first-order chi connectivity index (χ1) is 13.7. The zero-order valence-electron chi connectivity index (χ0n) is 16.3. The second-order valence-electron chi connectivity index (χ2n) is 7.65. The van der Waals surface area contributed by atoms with E-state index in [1.807, 2.05) is 0 Å². The van der Waals surface area contributed by atoms with Crippen LogP contribution in [0.2, 0.25) is 0 Å². The second kappa shape index (κ2) is 6.69. The summed E-state index contributed by atoms with van der Waals surface area (Å²) in [5.74, 6) is 0. The molecule has 0 radical (unpaired) electrons. The Hall–Kier alpha value is -3.32. The summed E-state index contributed by atoms with van der Waals surface area (Å²) in [6.07, 6.45) is 1.03. The highest BCUT2D eigenvalue weighted by Gasteiger charge is 2.18. The summed E-state index contributed by atoms with van der Waals surface area (Å²) < 4.78 is 0. The van der Waals surface area contributed by atoms with Gasteiger partial charge in [-0.05, 0) is 71.0 Å². The van der Waals surface area contributed by atoms with Gasteiger partial charge in [0.2, 0.25) is 0 Å². The predicted molar refractivity (Wildman–Crippen MR) is 119 cm³/mol. The van der Waals surface area contributed by atoms with E-state index >= 15 is 0 Å². The molecule has 1 heteroatoms. The first kappa shape index (κ1) is 16.8. The van der Waals surface area contributed by atoms with E-state index in [-0.39, 0.29) is 0 Å². The number of anilines is 2. The van der Waals surface area contributed by atoms with E-state index in [1.165, 1.54) is 50.3 Å². The molecule has 0 atom stereocenters. The number of hydrogen-bond donors (Lipinski definition) is 0. The molecule has 28 heavy (non-hydrogen) atoms. The molecule has 0 amide bonds. The minimum absolute atomic E-state index is 1.03. The van der Waals surface area contributed by atoms with Crippen LogP contribution in [0.15, 0.2) is 91.0 Å². The van der Waals surface area contributed by atoms with Crippen molar-refractivity contribution in [1.29, 1.82) is 0 Å². The number of benzene rings is 4. The molecule has 1 nitrogen and oxygen atoms in total. The SMILES string of the molecule is Cc1ccc(-c2ccc(N(C)c3ccc4c(c3)Cc3ccccc3-4)cc2)cc1. The third kappa shape index (κ3) is 2.90. The Balaban J connectivity index is 1.42. The largest absolute Gasteiger partial charge is 0.345 e. The van der Waals surface area contributed by atoms with E-state index in [2.05, 4.69) is 110 Å². The number of rotatable bonds is 3. The average molecular weight is 361 g/mol. The molecule has 4 aromatic carbocycles. The maximum Gasteiger partial charge on any atom is 0.0411 e. The molecular formula is C27H23N. The lowest BCUT2D eigenvalue weighted by atomic mass is 10.0. The number of nitrogens with zero attached hydrogens (tertiary/aromatic N) is 1. The van der Waals surface area contributed by atoms with Crippen molar-refractivity contribution in [3.05, 3.63) is 108 Å². The van der Waals surface area contributed by atoms with Gasteiger partial charge in [-0.1, -0.05) is 72.3 Å². The van der Waals surface area contributed by atoms with Crippen molar-refractivity contribution in [2.45, 2.75) is 13.3 Å². The topological polar surface area (TPSA) is 3.24 Å². The Morgan fingerprint density at radius 1 is 0.607 bits per heavy atom. The van der Waals surface area contributed by atoms with Gasteiger partial charge in [0.15, 0.2) is 0 Å². The van der Waals surface area contributed by atoms with Crippen molar-refractivity contribution < 1.29 is 0 Å². The Morgan fingerprint density at radius 3 is 1.96 bits per heavy atom. The van der Waals surface area contributed by atoms with Crippen LogP contribution in [0.5, 0.6) is 0 Å². The Morgan fingerprint density at radius 2 is 1.21 bits per heavy atom. The summed E-state index contributed by atoms with van der Waals surface area (Å²) in [6.45, 7) is 2.12. The zero-order valence-corrected chi connectivity index (χ0v) is 16.3. The molecule has 0 N–H and O–H groups in total. The summed E-state index contributed by atoms with van der Waals surface area (Å²) in [7, 11) is 2.14. The highest BCUT2D eigenvalue weighted by molar-refractivity contribution is 5.80. The summed E-state index contributed by atoms with van der Waals surface area (Å²) in [6, 6.07) is 33.1. The summed E-state index contributed by atoms with van der Waals surface area (Å²) >= 11 is 0. The molecule has 0 spiro atoms. The highest BCUT2D eigenvalue weighted by atomic mass is 15.1. The molecule has 136 valence electrons. The van der Waals surface area contributed by atoms with Gasteiger partial charge in [0, 0.05) is 18.4 Å². The summed E-state index contributed by atoms with van der Waals surface area (Å²) in [4.78, 5) is 2.27. The van der Waals surface area contributed by atoms with E-state index < -0.39 is 0 Å². The van der Waals surface area contributed by atoms with Gasteiger partial charge >= 0.3 is 0 Å². The smallest absolute Gasteiger partial charge is 0.0411 e. The fourth-order valence-electron chi connectivity index (χ4n) is 4.11. The molecule has 0 heterocycles. The van der Waals surface area contributed by atoms with E-state index in [0.717, 1.165) is 6.42 Å². The summed E-state index contributed by atoms with van der Waals surface area (Å²) in [5, 5.41) is 0. The van der Waals surface area contributed by atoms with Crippen molar-refractivity contribution in [2.24, 2.45) is 0 Å². The van der Waals surface area contributed by atoms with E-state index in [9.17, 15) is 0 Å². The van der Waals surface area contributed by atoms with E-state index in [1.54, 1.807) is 0 Å². The number of hydrogen-bond acceptors (Lipinski definition) is 1. The molecule has 1 aliphatic carbocycles. The molecule has 0 saturated carbocycles. The quantitative estimate of drug-likeness (QED) is 0.334. The van der Waals surface area contributed by atoms with Gasteiger partial charge in [0.1, 0.15) is 0 Å². The van der Waals surface area contributed by atoms with E-state index in [0.29, 0.717) is 0 Å². The predicted octanol–water partition coefficient (Wildman–Crippen LogP) is 7.00. The Bertz CT molecular complexity index is 1140. The van der Waals surface area contributed by atoms with Crippen molar-refractivity contribution in [1.82, 2.24) is 0 Å². The molecule has 0 unspecified atom stereocenters. The third-order valence-corrected chi connectivity index (χ3v) is 5.80. The molecule has 5 rings (SSSR count). The van der Waals surface area contributed by atoms with Gasteiger partial charge in [-0.2, -0.15) is 0 Å². The van der Waals surface area contributed by atoms with Crippen LogP contribution in [0.25, 0.3) is 22.3 Å². The monoisotopic (exact) mass is 361 g/mol. The van der Waals surface area contributed by atoms with Gasteiger partial charge in [-0.3, -0.25) is 0 Å². The second-order valence-corrected chi connectivity index (χ2v) is 7.65. The summed E-state index contributed by atoms with van der Waals surface area (Å²) in [5.41, 5.74) is 11.8. The molecular weight excluding hydrogens is 338 g/mol. The van der Waals surface area contributed by atoms with Gasteiger partial charge in [-0.25, -0.2) is 0 Å². The lowest BCUT2D eigenvalue weighted by Crippen LogP contribution is -2.09. The van der Waals surface area contributed by atoms with Crippen LogP contribution < -0.4 is 4.90 Å². The van der Waals surface area contributed by atoms with Gasteiger partial charge in [-0.15, -0.1) is 0 Å². The maximum absolute atomic E-state index is 2.34. The average Bonchev–Trinajstić information content (AvgIpc) is 3.12. The fraction of sp³-hybridized carbons (Fsp3) is 0.111. The molecule has 0 fully saturated rings. The zero-order chi connectivity index (χ0) is 19.1. The van der Waals surface area contributed by atoms with Crippen LogP contribution in [-0.4, -0.2) is 7.05 Å². The Kier molecular flexibility index (Phi) is 4.02. The minimum atomic E-state index is 1.03. The fourth-order valence-corrected chi connectivity index (χ4v) is 4.11. The molecule has 0 aliphatic heterocycles. The molecule has 0 bridgehead atoms. The van der Waals surface area contributed by atoms with Crippen molar-refractivity contribution in [3.63, 3.8) is 0 Å². The molecule has 1 aliphatic rings. The van der Waals surface area contributed by atoms with Crippen molar-refractivity contribution >= 4 is 11.4 Å². The molecule has 0 aromatic heterocycles. The normalized spacial score (nSPS) is 11.8. The molecule has 0 saturated heterocycles. The van der Waals surface area contributed by atoms with Crippen LogP contribution in [-0.2, 0) is 6.42 Å². The van der Waals surface area contributed by atoms with Crippen LogP contribution in [0, 0.1) is 6.92 Å². The van der Waals surface area contributed by atoms with Crippen molar-refractivity contribution in [3.8, 4) is 22.3 Å². The highest BCUT2D eigenvalue weighted by Crippen LogP contribution is 2.39. The third-order valence-electron chi connectivity index (χ3n) is 5.80. The lowest BCUT2D eigenvalue weighted by Gasteiger charge is -2.21. The maximum atomic E-state index is 2.34. The van der Waals surface area contributed by atoms with Crippen LogP contribution in [0.4, 0.5) is 11.4 Å². The number of fused-ring (bicyclic) bond motifs is 3. The van der Waals surface area contributed by atoms with Crippen molar-refractivity contribution in [2.75, 3.05) is 11.9 Å². The standard InChI is InChI=1S/C27H23N/c1-19-7-9-20(10-8-19)21-11-13-24(14-12-21)28(2)25-15-16-27-23(18-25)17-22-5-3-4-6-26(22)27/h3-16,18H,17H2,1-2H3. The van der Waals surface area contributed by atoms with Crippen LogP contribution in [0.3, 0.4) is 0 Å². The van der Waals surface area contributed by atoms with Crippen LogP contribution in [0.1, 0.15) is 16.7 Å². The van der Waals surface area contributed by atoms with Gasteiger partial charge in [0.25, 0.3) is 0 Å². The lowest BCUT2D eigenvalue weighted by molar-refractivity contribution is 1.19.